The molecule has 6 nitrogen and oxygen atoms in total. The molecular weight excluding hydrogens is 344 g/mol. The molecule has 8 heteroatoms. The summed E-state index contributed by atoms with van der Waals surface area (Å²) < 4.78 is 33.0. The molecule has 4 rings (SSSR count). The maximum absolute atomic E-state index is 13.9. The molecule has 0 bridgehead atoms. The minimum Gasteiger partial charge on any atom is -0.361 e. The number of fused-ring (bicyclic) bond motifs is 2. The van der Waals surface area contributed by atoms with Crippen molar-refractivity contribution in [1.29, 1.82) is 0 Å². The standard InChI is InChI=1S/C18H19F2N3O3/c19-12-3-4-13-11(16(12)20)6-9(17(25)23-13)7-15(24)22-14-8-26-18-10(14)2-1-5-21-18/h3-4,6,10,14,18,21H,1-2,5,7-8H2,(H,22,24)(H,23,25)/t10?,14-,18?/m0/s1. The van der Waals surface area contributed by atoms with E-state index in [1.165, 1.54) is 12.1 Å². The number of amides is 1. The number of H-pyrrole nitrogens is 1. The van der Waals surface area contributed by atoms with Crippen LogP contribution in [0.4, 0.5) is 8.78 Å². The summed E-state index contributed by atoms with van der Waals surface area (Å²) >= 11 is 0. The lowest BCUT2D eigenvalue weighted by atomic mass is 9.92. The van der Waals surface area contributed by atoms with Gasteiger partial charge in [0.15, 0.2) is 11.6 Å². The fourth-order valence-corrected chi connectivity index (χ4v) is 3.78. The average Bonchev–Trinajstić information content (AvgIpc) is 3.03. The van der Waals surface area contributed by atoms with Crippen LogP contribution >= 0.6 is 0 Å². The van der Waals surface area contributed by atoms with Crippen molar-refractivity contribution >= 4 is 16.8 Å². The predicted molar refractivity (Wildman–Crippen MR) is 90.6 cm³/mol. The first-order valence-corrected chi connectivity index (χ1v) is 8.67. The van der Waals surface area contributed by atoms with Gasteiger partial charge in [0.25, 0.3) is 5.56 Å². The van der Waals surface area contributed by atoms with Gasteiger partial charge in [-0.1, -0.05) is 0 Å². The van der Waals surface area contributed by atoms with E-state index in [1.54, 1.807) is 0 Å². The Morgan fingerprint density at radius 3 is 3.04 bits per heavy atom. The fourth-order valence-electron chi connectivity index (χ4n) is 3.78. The van der Waals surface area contributed by atoms with Crippen molar-refractivity contribution in [2.24, 2.45) is 5.92 Å². The second-order valence-electron chi connectivity index (χ2n) is 6.81. The lowest BCUT2D eigenvalue weighted by Crippen LogP contribution is -2.47. The smallest absolute Gasteiger partial charge is 0.252 e. The Balaban J connectivity index is 1.51. The van der Waals surface area contributed by atoms with Gasteiger partial charge in [-0.15, -0.1) is 0 Å². The van der Waals surface area contributed by atoms with Gasteiger partial charge in [-0.05, 0) is 37.6 Å². The first-order valence-electron chi connectivity index (χ1n) is 8.67. The van der Waals surface area contributed by atoms with E-state index in [1.807, 2.05) is 0 Å². The second kappa shape index (κ2) is 6.77. The maximum atomic E-state index is 13.9. The number of piperidine rings is 1. The van der Waals surface area contributed by atoms with E-state index in [9.17, 15) is 18.4 Å². The summed E-state index contributed by atoms with van der Waals surface area (Å²) in [7, 11) is 0. The summed E-state index contributed by atoms with van der Waals surface area (Å²) in [6.45, 7) is 1.32. The number of pyridine rings is 1. The van der Waals surface area contributed by atoms with Crippen LogP contribution in [0.1, 0.15) is 18.4 Å². The summed E-state index contributed by atoms with van der Waals surface area (Å²) in [5.74, 6) is -2.18. The van der Waals surface area contributed by atoms with Gasteiger partial charge in [0.05, 0.1) is 24.6 Å². The molecule has 2 saturated heterocycles. The molecule has 0 saturated carbocycles. The van der Waals surface area contributed by atoms with E-state index in [2.05, 4.69) is 15.6 Å². The lowest BCUT2D eigenvalue weighted by molar-refractivity contribution is -0.121. The molecule has 0 spiro atoms. The van der Waals surface area contributed by atoms with Crippen molar-refractivity contribution in [1.82, 2.24) is 15.6 Å². The van der Waals surface area contributed by atoms with Crippen LogP contribution in [0.15, 0.2) is 23.0 Å². The van der Waals surface area contributed by atoms with Crippen molar-refractivity contribution in [3.8, 4) is 0 Å². The van der Waals surface area contributed by atoms with Gasteiger partial charge in [-0.2, -0.15) is 0 Å². The van der Waals surface area contributed by atoms with Crippen molar-refractivity contribution < 1.29 is 18.3 Å². The maximum Gasteiger partial charge on any atom is 0.252 e. The molecule has 2 aliphatic heterocycles. The molecule has 0 radical (unpaired) electrons. The Morgan fingerprint density at radius 2 is 2.19 bits per heavy atom. The van der Waals surface area contributed by atoms with Gasteiger partial charge >= 0.3 is 0 Å². The van der Waals surface area contributed by atoms with Gasteiger partial charge < -0.3 is 15.0 Å². The number of aromatic amines is 1. The first kappa shape index (κ1) is 17.1. The van der Waals surface area contributed by atoms with E-state index in [-0.39, 0.29) is 47.0 Å². The van der Waals surface area contributed by atoms with Crippen molar-refractivity contribution in [3.05, 3.63) is 45.8 Å². The molecule has 2 aromatic rings. The zero-order chi connectivity index (χ0) is 18.3. The first-order chi connectivity index (χ1) is 12.5. The van der Waals surface area contributed by atoms with Gasteiger partial charge in [-0.25, -0.2) is 8.78 Å². The summed E-state index contributed by atoms with van der Waals surface area (Å²) in [6.07, 6.45) is 1.73. The van der Waals surface area contributed by atoms with Crippen molar-refractivity contribution in [2.45, 2.75) is 31.5 Å². The van der Waals surface area contributed by atoms with Crippen LogP contribution in [-0.4, -0.2) is 36.3 Å². The molecule has 3 N–H and O–H groups in total. The molecule has 3 atom stereocenters. The fraction of sp³-hybridized carbons (Fsp3) is 0.444. The van der Waals surface area contributed by atoms with Crippen LogP contribution in [0.25, 0.3) is 10.9 Å². The van der Waals surface area contributed by atoms with Gasteiger partial charge in [-0.3, -0.25) is 14.9 Å². The van der Waals surface area contributed by atoms with Crippen molar-refractivity contribution in [3.63, 3.8) is 0 Å². The number of ether oxygens (including phenoxy) is 1. The van der Waals surface area contributed by atoms with E-state index >= 15 is 0 Å². The molecule has 1 amide bonds. The van der Waals surface area contributed by atoms with Crippen LogP contribution in [0, 0.1) is 17.6 Å². The SMILES string of the molecule is O=C(Cc1cc2c(F)c(F)ccc2[nH]c1=O)N[C@H]1COC2NCCCC21. The van der Waals surface area contributed by atoms with E-state index in [0.29, 0.717) is 6.61 Å². The number of hydrogen-bond donors (Lipinski definition) is 3. The zero-order valence-electron chi connectivity index (χ0n) is 14.0. The molecule has 2 unspecified atom stereocenters. The molecule has 3 heterocycles. The Labute approximate surface area is 147 Å². The number of aromatic nitrogens is 1. The third-order valence-corrected chi connectivity index (χ3v) is 5.11. The zero-order valence-corrected chi connectivity index (χ0v) is 14.0. The highest BCUT2D eigenvalue weighted by Crippen LogP contribution is 2.27. The van der Waals surface area contributed by atoms with E-state index in [0.717, 1.165) is 25.5 Å². The molecule has 0 aliphatic carbocycles. The van der Waals surface area contributed by atoms with Crippen LogP contribution in [0.5, 0.6) is 0 Å². The van der Waals surface area contributed by atoms with Crippen LogP contribution in [-0.2, 0) is 16.0 Å². The second-order valence-corrected chi connectivity index (χ2v) is 6.81. The van der Waals surface area contributed by atoms with Gasteiger partial charge in [0.1, 0.15) is 6.23 Å². The topological polar surface area (TPSA) is 83.2 Å². The van der Waals surface area contributed by atoms with Crippen LogP contribution < -0.4 is 16.2 Å². The third-order valence-electron chi connectivity index (χ3n) is 5.11. The van der Waals surface area contributed by atoms with Crippen LogP contribution in [0.2, 0.25) is 0 Å². The summed E-state index contributed by atoms with van der Waals surface area (Å²) in [4.78, 5) is 27.0. The Bertz CT molecular complexity index is 914. The van der Waals surface area contributed by atoms with Gasteiger partial charge in [0, 0.05) is 16.9 Å². The number of rotatable bonds is 3. The number of carbonyl (C=O) groups is 1. The molecule has 138 valence electrons. The largest absolute Gasteiger partial charge is 0.361 e. The highest BCUT2D eigenvalue weighted by atomic mass is 19.2. The lowest BCUT2D eigenvalue weighted by Gasteiger charge is -2.28. The average molecular weight is 363 g/mol. The quantitative estimate of drug-likeness (QED) is 0.765. The van der Waals surface area contributed by atoms with E-state index in [4.69, 9.17) is 4.74 Å². The normalized spacial score (nSPS) is 25.2. The number of benzene rings is 1. The molecular formula is C18H19F2N3O3. The third kappa shape index (κ3) is 3.10. The summed E-state index contributed by atoms with van der Waals surface area (Å²) in [5, 5.41) is 6.12. The summed E-state index contributed by atoms with van der Waals surface area (Å²) in [6, 6.07) is 3.37. The highest BCUT2D eigenvalue weighted by Gasteiger charge is 2.39. The van der Waals surface area contributed by atoms with Gasteiger partial charge in [0.2, 0.25) is 5.91 Å². The molecule has 1 aromatic heterocycles. The number of halogens is 2. The van der Waals surface area contributed by atoms with Crippen molar-refractivity contribution in [2.75, 3.05) is 13.2 Å². The predicted octanol–water partition coefficient (Wildman–Crippen LogP) is 1.19. The number of hydrogen-bond acceptors (Lipinski definition) is 4. The minimum atomic E-state index is -1.04. The highest BCUT2D eigenvalue weighted by molar-refractivity contribution is 5.83. The monoisotopic (exact) mass is 363 g/mol. The molecule has 2 fully saturated rings. The molecule has 1 aromatic carbocycles. The number of nitrogens with one attached hydrogen (secondary N) is 3. The number of carbonyl (C=O) groups excluding carboxylic acids is 1. The molecule has 26 heavy (non-hydrogen) atoms. The Kier molecular flexibility index (Phi) is 4.46. The Hall–Kier alpha value is -2.32. The Morgan fingerprint density at radius 1 is 1.35 bits per heavy atom. The molecule has 2 aliphatic rings. The summed E-state index contributed by atoms with van der Waals surface area (Å²) in [5.41, 5.74) is -0.200. The van der Waals surface area contributed by atoms with Crippen LogP contribution in [0.3, 0.4) is 0 Å². The minimum absolute atomic E-state index is 0.0461. The van der Waals surface area contributed by atoms with E-state index < -0.39 is 17.2 Å².